The highest BCUT2D eigenvalue weighted by Crippen LogP contribution is 2.10. The Bertz CT molecular complexity index is 251. The number of amides is 1. The predicted molar refractivity (Wildman–Crippen MR) is 65.9 cm³/mol. The molecule has 0 rings (SSSR count). The van der Waals surface area contributed by atoms with Crippen LogP contribution < -0.4 is 5.32 Å². The SMILES string of the molecule is CCOC(OCC)C(CCNC(C)=O)OC(C)=O. The van der Waals surface area contributed by atoms with E-state index in [-0.39, 0.29) is 5.91 Å². The standard InChI is InChI=1S/C12H23NO5/c1-5-16-12(17-6-2)11(18-10(4)15)7-8-13-9(3)14/h11-12H,5-8H2,1-4H3,(H,13,14). The zero-order chi connectivity index (χ0) is 14.0. The van der Waals surface area contributed by atoms with E-state index in [1.165, 1.54) is 13.8 Å². The van der Waals surface area contributed by atoms with E-state index in [1.54, 1.807) is 0 Å². The van der Waals surface area contributed by atoms with Crippen molar-refractivity contribution in [3.63, 3.8) is 0 Å². The smallest absolute Gasteiger partial charge is 0.303 e. The van der Waals surface area contributed by atoms with Crippen LogP contribution >= 0.6 is 0 Å². The number of hydrogen-bond donors (Lipinski definition) is 1. The average molecular weight is 261 g/mol. The Hall–Kier alpha value is -1.14. The van der Waals surface area contributed by atoms with Gasteiger partial charge in [0.15, 0.2) is 12.4 Å². The molecule has 6 heteroatoms. The van der Waals surface area contributed by atoms with Crippen molar-refractivity contribution in [3.05, 3.63) is 0 Å². The molecule has 0 aliphatic rings. The molecule has 0 radical (unpaired) electrons. The molecule has 0 aromatic carbocycles. The van der Waals surface area contributed by atoms with Gasteiger partial charge in [-0.25, -0.2) is 0 Å². The molecule has 6 nitrogen and oxygen atoms in total. The molecule has 1 unspecified atom stereocenters. The lowest BCUT2D eigenvalue weighted by molar-refractivity contribution is -0.206. The van der Waals surface area contributed by atoms with Crippen LogP contribution in [0.15, 0.2) is 0 Å². The van der Waals surface area contributed by atoms with Crippen LogP contribution in [0.3, 0.4) is 0 Å². The van der Waals surface area contributed by atoms with Gasteiger partial charge in [0.2, 0.25) is 5.91 Å². The highest BCUT2D eigenvalue weighted by atomic mass is 16.7. The van der Waals surface area contributed by atoms with Gasteiger partial charge >= 0.3 is 5.97 Å². The largest absolute Gasteiger partial charge is 0.457 e. The molecule has 1 N–H and O–H groups in total. The maximum atomic E-state index is 11.0. The Morgan fingerprint density at radius 1 is 1.11 bits per heavy atom. The molecular weight excluding hydrogens is 238 g/mol. The van der Waals surface area contributed by atoms with Crippen molar-refractivity contribution >= 4 is 11.9 Å². The van der Waals surface area contributed by atoms with Gasteiger partial charge in [-0.05, 0) is 13.8 Å². The van der Waals surface area contributed by atoms with E-state index < -0.39 is 18.4 Å². The third kappa shape index (κ3) is 8.03. The molecule has 0 fully saturated rings. The number of hydrogen-bond acceptors (Lipinski definition) is 5. The second-order valence-corrected chi connectivity index (χ2v) is 3.70. The Morgan fingerprint density at radius 2 is 1.67 bits per heavy atom. The van der Waals surface area contributed by atoms with Gasteiger partial charge in [-0.2, -0.15) is 0 Å². The summed E-state index contributed by atoms with van der Waals surface area (Å²) < 4.78 is 15.9. The summed E-state index contributed by atoms with van der Waals surface area (Å²) in [5.74, 6) is -0.520. The van der Waals surface area contributed by atoms with E-state index in [4.69, 9.17) is 14.2 Å². The summed E-state index contributed by atoms with van der Waals surface area (Å²) >= 11 is 0. The fraction of sp³-hybridized carbons (Fsp3) is 0.833. The summed E-state index contributed by atoms with van der Waals surface area (Å²) in [4.78, 5) is 21.8. The molecule has 0 bridgehead atoms. The summed E-state index contributed by atoms with van der Waals surface area (Å²) in [5.41, 5.74) is 0. The fourth-order valence-electron chi connectivity index (χ4n) is 1.45. The summed E-state index contributed by atoms with van der Waals surface area (Å²) in [7, 11) is 0. The van der Waals surface area contributed by atoms with Crippen LogP contribution in [-0.4, -0.2) is 44.0 Å². The number of carbonyl (C=O) groups excluding carboxylic acids is 2. The molecule has 0 aliphatic carbocycles. The summed E-state index contributed by atoms with van der Waals surface area (Å²) in [6, 6.07) is 0. The Labute approximate surface area is 108 Å². The van der Waals surface area contributed by atoms with Crippen molar-refractivity contribution in [2.24, 2.45) is 0 Å². The molecule has 0 heterocycles. The van der Waals surface area contributed by atoms with Gasteiger partial charge in [-0.3, -0.25) is 9.59 Å². The molecule has 0 aromatic heterocycles. The molecule has 1 atom stereocenters. The van der Waals surface area contributed by atoms with E-state index in [9.17, 15) is 9.59 Å². The van der Waals surface area contributed by atoms with Gasteiger partial charge in [0.25, 0.3) is 0 Å². The first-order valence-electron chi connectivity index (χ1n) is 6.16. The summed E-state index contributed by atoms with van der Waals surface area (Å²) in [6.45, 7) is 7.77. The van der Waals surface area contributed by atoms with Crippen LogP contribution in [0.5, 0.6) is 0 Å². The average Bonchev–Trinajstić information content (AvgIpc) is 2.26. The molecule has 0 saturated heterocycles. The number of ether oxygens (including phenoxy) is 3. The number of carbonyl (C=O) groups is 2. The monoisotopic (exact) mass is 261 g/mol. The van der Waals surface area contributed by atoms with Crippen LogP contribution in [-0.2, 0) is 23.8 Å². The van der Waals surface area contributed by atoms with Crippen LogP contribution in [0.25, 0.3) is 0 Å². The molecule has 0 aromatic rings. The van der Waals surface area contributed by atoms with Gasteiger partial charge in [0, 0.05) is 40.0 Å². The quantitative estimate of drug-likeness (QED) is 0.492. The first-order chi connectivity index (χ1) is 8.51. The van der Waals surface area contributed by atoms with Crippen LogP contribution in [0.1, 0.15) is 34.1 Å². The molecule has 18 heavy (non-hydrogen) atoms. The Kier molecular flexibility index (Phi) is 9.22. The molecule has 0 spiro atoms. The second-order valence-electron chi connectivity index (χ2n) is 3.70. The molecule has 0 saturated carbocycles. The number of nitrogens with one attached hydrogen (secondary N) is 1. The van der Waals surface area contributed by atoms with E-state index in [0.29, 0.717) is 26.2 Å². The minimum atomic E-state index is -0.599. The van der Waals surface area contributed by atoms with Gasteiger partial charge in [-0.1, -0.05) is 0 Å². The van der Waals surface area contributed by atoms with Gasteiger partial charge in [0.05, 0.1) is 0 Å². The van der Waals surface area contributed by atoms with Gasteiger partial charge < -0.3 is 19.5 Å². The van der Waals surface area contributed by atoms with Crippen molar-refractivity contribution in [3.8, 4) is 0 Å². The van der Waals surface area contributed by atoms with Crippen LogP contribution in [0.2, 0.25) is 0 Å². The van der Waals surface area contributed by atoms with Gasteiger partial charge in [0.1, 0.15) is 0 Å². The molecule has 1 amide bonds. The number of esters is 1. The molecular formula is C12H23NO5. The van der Waals surface area contributed by atoms with Crippen molar-refractivity contribution in [2.45, 2.75) is 46.5 Å². The third-order valence-corrected chi connectivity index (χ3v) is 2.09. The lowest BCUT2D eigenvalue weighted by Crippen LogP contribution is -2.38. The minimum absolute atomic E-state index is 0.124. The maximum absolute atomic E-state index is 11.0. The topological polar surface area (TPSA) is 73.9 Å². The van der Waals surface area contributed by atoms with E-state index in [2.05, 4.69) is 5.32 Å². The van der Waals surface area contributed by atoms with E-state index in [1.807, 2.05) is 13.8 Å². The Morgan fingerprint density at radius 3 is 2.06 bits per heavy atom. The summed E-state index contributed by atoms with van der Waals surface area (Å²) in [5, 5.41) is 2.65. The van der Waals surface area contributed by atoms with Crippen molar-refractivity contribution < 1.29 is 23.8 Å². The van der Waals surface area contributed by atoms with Crippen molar-refractivity contribution in [2.75, 3.05) is 19.8 Å². The lowest BCUT2D eigenvalue weighted by Gasteiger charge is -2.26. The zero-order valence-corrected chi connectivity index (χ0v) is 11.5. The Balaban J connectivity index is 4.39. The fourth-order valence-corrected chi connectivity index (χ4v) is 1.45. The van der Waals surface area contributed by atoms with Crippen molar-refractivity contribution in [1.29, 1.82) is 0 Å². The molecule has 106 valence electrons. The first kappa shape index (κ1) is 16.9. The minimum Gasteiger partial charge on any atom is -0.457 e. The number of rotatable bonds is 9. The first-order valence-corrected chi connectivity index (χ1v) is 6.16. The summed E-state index contributed by atoms with van der Waals surface area (Å²) in [6.07, 6.45) is -0.670. The lowest BCUT2D eigenvalue weighted by atomic mass is 10.2. The van der Waals surface area contributed by atoms with E-state index in [0.717, 1.165) is 0 Å². The zero-order valence-electron chi connectivity index (χ0n) is 11.5. The highest BCUT2D eigenvalue weighted by Gasteiger charge is 2.25. The second kappa shape index (κ2) is 9.85. The van der Waals surface area contributed by atoms with Crippen molar-refractivity contribution in [1.82, 2.24) is 5.32 Å². The highest BCUT2D eigenvalue weighted by molar-refractivity contribution is 5.72. The van der Waals surface area contributed by atoms with Gasteiger partial charge in [-0.15, -0.1) is 0 Å². The predicted octanol–water partition coefficient (Wildman–Crippen LogP) is 0.843. The van der Waals surface area contributed by atoms with Crippen LogP contribution in [0.4, 0.5) is 0 Å². The third-order valence-electron chi connectivity index (χ3n) is 2.09. The maximum Gasteiger partial charge on any atom is 0.303 e. The van der Waals surface area contributed by atoms with E-state index >= 15 is 0 Å². The molecule has 0 aliphatic heterocycles. The van der Waals surface area contributed by atoms with Crippen LogP contribution in [0, 0.1) is 0 Å². The normalized spacial score (nSPS) is 12.3.